The lowest BCUT2D eigenvalue weighted by molar-refractivity contribution is 0.242. The van der Waals surface area contributed by atoms with Crippen LogP contribution in [0.15, 0.2) is 65.7 Å². The van der Waals surface area contributed by atoms with Gasteiger partial charge >= 0.3 is 0 Å². The molecule has 0 bridgehead atoms. The molecule has 0 fully saturated rings. The third-order valence-electron chi connectivity index (χ3n) is 3.36. The standard InChI is InChI=1S/C18H18N2O3S/c1-13(2)23-16-10-8-15(9-11-16)20-24(21,22)17-7-3-5-14-6-4-12-19-18(14)17/h3-13,20H,1-2H3. The number of pyridine rings is 1. The summed E-state index contributed by atoms with van der Waals surface area (Å²) in [5.41, 5.74) is 0.923. The summed E-state index contributed by atoms with van der Waals surface area (Å²) in [4.78, 5) is 4.35. The molecule has 1 N–H and O–H groups in total. The topological polar surface area (TPSA) is 68.3 Å². The Morgan fingerprint density at radius 2 is 1.71 bits per heavy atom. The maximum atomic E-state index is 12.7. The molecule has 1 heterocycles. The van der Waals surface area contributed by atoms with Crippen molar-refractivity contribution in [3.63, 3.8) is 0 Å². The fourth-order valence-corrected chi connectivity index (χ4v) is 3.62. The first-order valence-electron chi connectivity index (χ1n) is 7.59. The smallest absolute Gasteiger partial charge is 0.264 e. The lowest BCUT2D eigenvalue weighted by Crippen LogP contribution is -2.13. The molecule has 0 aliphatic rings. The Morgan fingerprint density at radius 3 is 2.42 bits per heavy atom. The molecule has 124 valence electrons. The van der Waals surface area contributed by atoms with Gasteiger partial charge in [-0.1, -0.05) is 18.2 Å². The predicted molar refractivity (Wildman–Crippen MR) is 94.8 cm³/mol. The third-order valence-corrected chi connectivity index (χ3v) is 4.78. The minimum Gasteiger partial charge on any atom is -0.491 e. The van der Waals surface area contributed by atoms with Gasteiger partial charge in [-0.05, 0) is 50.2 Å². The number of rotatable bonds is 5. The molecule has 0 spiro atoms. The zero-order valence-electron chi connectivity index (χ0n) is 13.4. The van der Waals surface area contributed by atoms with E-state index in [0.717, 1.165) is 5.39 Å². The maximum Gasteiger partial charge on any atom is 0.264 e. The second-order valence-corrected chi connectivity index (χ2v) is 7.28. The maximum absolute atomic E-state index is 12.7. The molecular weight excluding hydrogens is 324 g/mol. The van der Waals surface area contributed by atoms with Crippen molar-refractivity contribution in [1.82, 2.24) is 4.98 Å². The van der Waals surface area contributed by atoms with Gasteiger partial charge in [0.25, 0.3) is 10.0 Å². The Kier molecular flexibility index (Phi) is 4.40. The van der Waals surface area contributed by atoms with Gasteiger partial charge in [-0.15, -0.1) is 0 Å². The van der Waals surface area contributed by atoms with E-state index < -0.39 is 10.0 Å². The van der Waals surface area contributed by atoms with Crippen LogP contribution in [-0.4, -0.2) is 19.5 Å². The van der Waals surface area contributed by atoms with Gasteiger partial charge in [0.15, 0.2) is 0 Å². The lowest BCUT2D eigenvalue weighted by Gasteiger charge is -2.12. The van der Waals surface area contributed by atoms with Crippen LogP contribution >= 0.6 is 0 Å². The number of nitrogens with zero attached hydrogens (tertiary/aromatic N) is 1. The first kappa shape index (κ1) is 16.3. The van der Waals surface area contributed by atoms with Crippen LogP contribution in [-0.2, 0) is 10.0 Å². The van der Waals surface area contributed by atoms with E-state index in [4.69, 9.17) is 4.74 Å². The van der Waals surface area contributed by atoms with Crippen LogP contribution in [0.2, 0.25) is 0 Å². The fraction of sp³-hybridized carbons (Fsp3) is 0.167. The van der Waals surface area contributed by atoms with Gasteiger partial charge in [0.05, 0.1) is 11.6 Å². The van der Waals surface area contributed by atoms with Gasteiger partial charge in [-0.25, -0.2) is 8.42 Å². The SMILES string of the molecule is CC(C)Oc1ccc(NS(=O)(=O)c2cccc3cccnc23)cc1. The van der Waals surface area contributed by atoms with E-state index >= 15 is 0 Å². The summed E-state index contributed by atoms with van der Waals surface area (Å²) in [6.07, 6.45) is 1.65. The monoisotopic (exact) mass is 342 g/mol. The van der Waals surface area contributed by atoms with Gasteiger partial charge in [-0.2, -0.15) is 0 Å². The lowest BCUT2D eigenvalue weighted by atomic mass is 10.2. The first-order valence-corrected chi connectivity index (χ1v) is 9.07. The van der Waals surface area contributed by atoms with E-state index in [2.05, 4.69) is 9.71 Å². The van der Waals surface area contributed by atoms with Crippen molar-refractivity contribution in [2.24, 2.45) is 0 Å². The molecule has 3 aromatic rings. The van der Waals surface area contributed by atoms with E-state index in [0.29, 0.717) is 17.0 Å². The van der Waals surface area contributed by atoms with Crippen molar-refractivity contribution in [2.45, 2.75) is 24.8 Å². The number of aromatic nitrogens is 1. The minimum atomic E-state index is -3.73. The minimum absolute atomic E-state index is 0.0642. The number of nitrogens with one attached hydrogen (secondary N) is 1. The van der Waals surface area contributed by atoms with Crippen molar-refractivity contribution in [1.29, 1.82) is 0 Å². The summed E-state index contributed by atoms with van der Waals surface area (Å²) in [5, 5.41) is 0.779. The highest BCUT2D eigenvalue weighted by molar-refractivity contribution is 7.93. The Morgan fingerprint density at radius 1 is 1.00 bits per heavy atom. The number of benzene rings is 2. The van der Waals surface area contributed by atoms with E-state index in [1.807, 2.05) is 26.0 Å². The van der Waals surface area contributed by atoms with Gasteiger partial charge in [0.1, 0.15) is 10.6 Å². The van der Waals surface area contributed by atoms with Gasteiger partial charge < -0.3 is 4.74 Å². The molecule has 0 saturated carbocycles. The normalized spacial score (nSPS) is 11.6. The number of ether oxygens (including phenoxy) is 1. The van der Waals surface area contributed by atoms with Crippen LogP contribution in [0.1, 0.15) is 13.8 Å². The number of fused-ring (bicyclic) bond motifs is 1. The summed E-state index contributed by atoms with van der Waals surface area (Å²) in [6, 6.07) is 15.5. The number of anilines is 1. The van der Waals surface area contributed by atoms with Crippen LogP contribution in [0.25, 0.3) is 10.9 Å². The molecule has 0 unspecified atom stereocenters. The summed E-state index contributed by atoms with van der Waals surface area (Å²) >= 11 is 0. The predicted octanol–water partition coefficient (Wildman–Crippen LogP) is 3.82. The zero-order valence-corrected chi connectivity index (χ0v) is 14.2. The molecule has 0 amide bonds. The molecule has 5 nitrogen and oxygen atoms in total. The highest BCUT2D eigenvalue weighted by Crippen LogP contribution is 2.24. The van der Waals surface area contributed by atoms with Gasteiger partial charge in [-0.3, -0.25) is 9.71 Å². The molecule has 0 aliphatic carbocycles. The van der Waals surface area contributed by atoms with Crippen molar-refractivity contribution in [3.8, 4) is 5.75 Å². The number of sulfonamides is 1. The molecule has 3 rings (SSSR count). The molecule has 0 aliphatic heterocycles. The first-order chi connectivity index (χ1) is 11.5. The molecule has 0 radical (unpaired) electrons. The van der Waals surface area contributed by atoms with E-state index in [9.17, 15) is 8.42 Å². The summed E-state index contributed by atoms with van der Waals surface area (Å²) in [6.45, 7) is 3.87. The summed E-state index contributed by atoms with van der Waals surface area (Å²) in [7, 11) is -3.73. The molecule has 2 aromatic carbocycles. The molecule has 0 atom stereocenters. The largest absolute Gasteiger partial charge is 0.491 e. The van der Waals surface area contributed by atoms with E-state index in [-0.39, 0.29) is 11.0 Å². The quantitative estimate of drug-likeness (QED) is 0.765. The van der Waals surface area contributed by atoms with E-state index in [1.165, 1.54) is 0 Å². The molecule has 1 aromatic heterocycles. The van der Waals surface area contributed by atoms with Crippen molar-refractivity contribution >= 4 is 26.6 Å². The van der Waals surface area contributed by atoms with Crippen LogP contribution in [0.5, 0.6) is 5.75 Å². The Bertz CT molecular complexity index is 946. The van der Waals surface area contributed by atoms with E-state index in [1.54, 1.807) is 48.7 Å². The average molecular weight is 342 g/mol. The Labute approximate surface area is 141 Å². The highest BCUT2D eigenvalue weighted by atomic mass is 32.2. The average Bonchev–Trinajstić information content (AvgIpc) is 2.55. The molecule has 0 saturated heterocycles. The second-order valence-electron chi connectivity index (χ2n) is 5.63. The Hall–Kier alpha value is -2.60. The van der Waals surface area contributed by atoms with Crippen LogP contribution < -0.4 is 9.46 Å². The van der Waals surface area contributed by atoms with Crippen molar-refractivity contribution < 1.29 is 13.2 Å². The molecule has 24 heavy (non-hydrogen) atoms. The van der Waals surface area contributed by atoms with Crippen molar-refractivity contribution in [3.05, 3.63) is 60.8 Å². The summed E-state index contributed by atoms with van der Waals surface area (Å²) < 4.78 is 33.5. The van der Waals surface area contributed by atoms with Crippen LogP contribution in [0.3, 0.4) is 0 Å². The van der Waals surface area contributed by atoms with Crippen LogP contribution in [0, 0.1) is 0 Å². The molecular formula is C18H18N2O3S. The number of hydrogen-bond acceptors (Lipinski definition) is 4. The zero-order chi connectivity index (χ0) is 17.2. The number of para-hydroxylation sites is 1. The highest BCUT2D eigenvalue weighted by Gasteiger charge is 2.18. The van der Waals surface area contributed by atoms with Gasteiger partial charge in [0.2, 0.25) is 0 Å². The summed E-state index contributed by atoms with van der Waals surface area (Å²) in [5.74, 6) is 0.694. The molecule has 6 heteroatoms. The second kappa shape index (κ2) is 6.49. The third kappa shape index (κ3) is 3.49. The van der Waals surface area contributed by atoms with Crippen molar-refractivity contribution in [2.75, 3.05) is 4.72 Å². The van der Waals surface area contributed by atoms with Gasteiger partial charge in [0, 0.05) is 17.3 Å². The fourth-order valence-electron chi connectivity index (χ4n) is 2.38. The Balaban J connectivity index is 1.91. The number of hydrogen-bond donors (Lipinski definition) is 1. The van der Waals surface area contributed by atoms with Crippen LogP contribution in [0.4, 0.5) is 5.69 Å².